The molecule has 1 rings (SSSR count). The first-order valence-corrected chi connectivity index (χ1v) is 11.6. The fraction of sp³-hybridized carbons (Fsp3) is 0.522. The summed E-state index contributed by atoms with van der Waals surface area (Å²) in [6.45, 7) is 1.52. The lowest BCUT2D eigenvalue weighted by Crippen LogP contribution is -2.60. The normalized spacial score (nSPS) is 14.9. The first kappa shape index (κ1) is 31.3. The summed E-state index contributed by atoms with van der Waals surface area (Å²) in [7, 11) is 0. The maximum Gasteiger partial charge on any atom is 0.326 e. The van der Waals surface area contributed by atoms with Crippen molar-refractivity contribution >= 4 is 29.7 Å². The summed E-state index contributed by atoms with van der Waals surface area (Å²) in [6.07, 6.45) is -1.35. The number of aliphatic carboxylic acids is 2. The molecule has 1 aromatic carbocycles. The van der Waals surface area contributed by atoms with Crippen LogP contribution in [0.15, 0.2) is 24.3 Å². The molecule has 0 saturated carbocycles. The molecule has 3 amide bonds. The third-order valence-corrected chi connectivity index (χ3v) is 5.36. The zero-order valence-corrected chi connectivity index (χ0v) is 20.4. The van der Waals surface area contributed by atoms with Gasteiger partial charge in [0.25, 0.3) is 0 Å². The number of amides is 3. The predicted molar refractivity (Wildman–Crippen MR) is 130 cm³/mol. The molecule has 14 heteroatoms. The fourth-order valence-corrected chi connectivity index (χ4v) is 3.31. The van der Waals surface area contributed by atoms with Gasteiger partial charge in [-0.2, -0.15) is 0 Å². The summed E-state index contributed by atoms with van der Waals surface area (Å²) in [5, 5.41) is 44.6. The van der Waals surface area contributed by atoms with E-state index in [0.717, 1.165) is 0 Å². The predicted octanol–water partition coefficient (Wildman–Crippen LogP) is -2.21. The molecule has 5 atom stereocenters. The lowest BCUT2D eigenvalue weighted by atomic mass is 10.0. The largest absolute Gasteiger partial charge is 0.508 e. The van der Waals surface area contributed by atoms with Gasteiger partial charge >= 0.3 is 11.9 Å². The number of carboxylic acid groups (broad SMARTS) is 2. The minimum Gasteiger partial charge on any atom is -0.508 e. The third kappa shape index (κ3) is 11.2. The maximum absolute atomic E-state index is 12.8. The maximum atomic E-state index is 12.8. The summed E-state index contributed by atoms with van der Waals surface area (Å²) in [5.74, 6) is -5.71. The second-order valence-corrected chi connectivity index (χ2v) is 8.55. The van der Waals surface area contributed by atoms with Crippen LogP contribution < -0.4 is 27.4 Å². The molecule has 0 radical (unpaired) electrons. The number of phenolic OH excluding ortho intramolecular Hbond substituents is 1. The molecule has 37 heavy (non-hydrogen) atoms. The van der Waals surface area contributed by atoms with E-state index < -0.39 is 66.4 Å². The van der Waals surface area contributed by atoms with E-state index in [-0.39, 0.29) is 18.6 Å². The number of phenols is 1. The second-order valence-electron chi connectivity index (χ2n) is 8.55. The molecule has 0 spiro atoms. The topological polar surface area (TPSA) is 254 Å². The highest BCUT2D eigenvalue weighted by atomic mass is 16.4. The summed E-state index contributed by atoms with van der Waals surface area (Å²) in [6, 6.07) is 0.166. The Morgan fingerprint density at radius 1 is 0.892 bits per heavy atom. The van der Waals surface area contributed by atoms with E-state index >= 15 is 0 Å². The molecule has 0 bridgehead atoms. The van der Waals surface area contributed by atoms with Gasteiger partial charge in [-0.25, -0.2) is 4.79 Å². The molecular formula is C23H35N5O9. The molecule has 1 aromatic rings. The van der Waals surface area contributed by atoms with Crippen LogP contribution >= 0.6 is 0 Å². The Morgan fingerprint density at radius 3 is 2.00 bits per heavy atom. The molecule has 0 heterocycles. The number of rotatable bonds is 16. The summed E-state index contributed by atoms with van der Waals surface area (Å²) < 4.78 is 0. The fourth-order valence-electron chi connectivity index (χ4n) is 3.31. The van der Waals surface area contributed by atoms with Crippen LogP contribution in [0.2, 0.25) is 0 Å². The van der Waals surface area contributed by atoms with Crippen LogP contribution in [0, 0.1) is 0 Å². The number of aliphatic hydroxyl groups excluding tert-OH is 1. The first-order chi connectivity index (χ1) is 17.3. The SMILES string of the molecule is CC(O)C(NC(=O)C(N)Cc1ccc(O)cc1)C(=O)NC(CC(=O)O)C(=O)NC(CCCCN)C(=O)O. The Morgan fingerprint density at radius 2 is 1.49 bits per heavy atom. The van der Waals surface area contributed by atoms with Crippen molar-refractivity contribution in [2.24, 2.45) is 11.5 Å². The Hall–Kier alpha value is -3.75. The first-order valence-electron chi connectivity index (χ1n) is 11.6. The van der Waals surface area contributed by atoms with Crippen molar-refractivity contribution in [3.8, 4) is 5.75 Å². The molecule has 0 aromatic heterocycles. The standard InChI is InChI=1S/C23H35N5O9/c1-12(29)19(28-20(33)15(25)10-13-5-7-14(30)8-6-13)22(35)27-17(11-18(31)32)21(34)26-16(23(36)37)4-2-3-9-24/h5-8,12,15-17,19,29-30H,2-4,9-11,24-25H2,1H3,(H,26,34)(H,27,35)(H,28,33)(H,31,32)(H,36,37). The summed E-state index contributed by atoms with van der Waals surface area (Å²) in [4.78, 5) is 60.8. The molecule has 5 unspecified atom stereocenters. The summed E-state index contributed by atoms with van der Waals surface area (Å²) in [5.41, 5.74) is 11.9. The molecule has 206 valence electrons. The highest BCUT2D eigenvalue weighted by molar-refractivity contribution is 5.95. The number of unbranched alkanes of at least 4 members (excludes halogenated alkanes) is 1. The van der Waals surface area contributed by atoms with E-state index in [2.05, 4.69) is 16.0 Å². The van der Waals surface area contributed by atoms with Crippen LogP contribution in [0.3, 0.4) is 0 Å². The van der Waals surface area contributed by atoms with Crippen LogP contribution in [0.5, 0.6) is 5.75 Å². The number of aromatic hydroxyl groups is 1. The summed E-state index contributed by atoms with van der Waals surface area (Å²) >= 11 is 0. The van der Waals surface area contributed by atoms with Crippen molar-refractivity contribution in [1.82, 2.24) is 16.0 Å². The molecule has 14 nitrogen and oxygen atoms in total. The minimum absolute atomic E-state index is 0.0257. The highest BCUT2D eigenvalue weighted by Gasteiger charge is 2.33. The van der Waals surface area contributed by atoms with E-state index in [1.807, 2.05) is 0 Å². The van der Waals surface area contributed by atoms with Gasteiger partial charge in [-0.15, -0.1) is 0 Å². The van der Waals surface area contributed by atoms with Crippen LogP contribution in [0.25, 0.3) is 0 Å². The Balaban J connectivity index is 2.90. The number of hydrogen-bond acceptors (Lipinski definition) is 9. The number of nitrogens with one attached hydrogen (secondary N) is 3. The van der Waals surface area contributed by atoms with E-state index in [1.165, 1.54) is 19.1 Å². The minimum atomic E-state index is -1.69. The number of carbonyl (C=O) groups is 5. The number of aliphatic hydroxyl groups is 1. The number of hydrogen-bond donors (Lipinski definition) is 9. The molecule has 0 aliphatic heterocycles. The number of nitrogens with two attached hydrogens (primary N) is 2. The van der Waals surface area contributed by atoms with Gasteiger partial charge in [0, 0.05) is 0 Å². The zero-order valence-electron chi connectivity index (χ0n) is 20.4. The smallest absolute Gasteiger partial charge is 0.326 e. The highest BCUT2D eigenvalue weighted by Crippen LogP contribution is 2.11. The third-order valence-electron chi connectivity index (χ3n) is 5.36. The van der Waals surface area contributed by atoms with E-state index in [1.54, 1.807) is 12.1 Å². The molecular weight excluding hydrogens is 490 g/mol. The number of benzene rings is 1. The molecule has 0 aliphatic rings. The zero-order chi connectivity index (χ0) is 28.1. The second kappa shape index (κ2) is 15.4. The van der Waals surface area contributed by atoms with Crippen molar-refractivity contribution in [3.05, 3.63) is 29.8 Å². The van der Waals surface area contributed by atoms with Crippen molar-refractivity contribution in [2.75, 3.05) is 6.54 Å². The van der Waals surface area contributed by atoms with Crippen LogP contribution in [-0.4, -0.2) is 86.9 Å². The Kier molecular flexibility index (Phi) is 13.0. The van der Waals surface area contributed by atoms with Crippen LogP contribution in [-0.2, 0) is 30.4 Å². The van der Waals surface area contributed by atoms with E-state index in [0.29, 0.717) is 24.9 Å². The van der Waals surface area contributed by atoms with Crippen molar-refractivity contribution in [3.63, 3.8) is 0 Å². The lowest BCUT2D eigenvalue weighted by molar-refractivity contribution is -0.144. The van der Waals surface area contributed by atoms with Crippen LogP contribution in [0.1, 0.15) is 38.2 Å². The molecule has 11 N–H and O–H groups in total. The van der Waals surface area contributed by atoms with Crippen molar-refractivity contribution in [2.45, 2.75) is 69.3 Å². The molecule has 0 aliphatic carbocycles. The van der Waals surface area contributed by atoms with Crippen molar-refractivity contribution < 1.29 is 44.4 Å². The monoisotopic (exact) mass is 525 g/mol. The average Bonchev–Trinajstić information content (AvgIpc) is 2.81. The Labute approximate surface area is 213 Å². The number of carbonyl (C=O) groups excluding carboxylic acids is 3. The quantitative estimate of drug-likeness (QED) is 0.104. The van der Waals surface area contributed by atoms with Gasteiger partial charge in [-0.1, -0.05) is 12.1 Å². The van der Waals surface area contributed by atoms with Gasteiger partial charge in [0.1, 0.15) is 23.9 Å². The average molecular weight is 526 g/mol. The lowest BCUT2D eigenvalue weighted by Gasteiger charge is -2.26. The van der Waals surface area contributed by atoms with Crippen LogP contribution in [0.4, 0.5) is 0 Å². The van der Waals surface area contributed by atoms with Gasteiger partial charge < -0.3 is 47.8 Å². The van der Waals surface area contributed by atoms with Gasteiger partial charge in [-0.05, 0) is 56.8 Å². The van der Waals surface area contributed by atoms with E-state index in [9.17, 15) is 44.4 Å². The Bertz CT molecular complexity index is 939. The number of carboxylic acids is 2. The van der Waals surface area contributed by atoms with Gasteiger partial charge in [0.2, 0.25) is 17.7 Å². The van der Waals surface area contributed by atoms with Gasteiger partial charge in [0.05, 0.1) is 18.6 Å². The molecule has 0 fully saturated rings. The van der Waals surface area contributed by atoms with E-state index in [4.69, 9.17) is 11.5 Å². The van der Waals surface area contributed by atoms with Gasteiger partial charge in [0.15, 0.2) is 0 Å². The molecule has 0 saturated heterocycles. The van der Waals surface area contributed by atoms with Crippen molar-refractivity contribution in [1.29, 1.82) is 0 Å². The van der Waals surface area contributed by atoms with Gasteiger partial charge in [-0.3, -0.25) is 19.2 Å².